The van der Waals surface area contributed by atoms with Crippen LogP contribution in [-0.4, -0.2) is 64.5 Å². The van der Waals surface area contributed by atoms with Crippen LogP contribution in [-0.2, 0) is 17.8 Å². The summed E-state index contributed by atoms with van der Waals surface area (Å²) in [6.45, 7) is 3.86. The minimum atomic E-state index is -0.738. The van der Waals surface area contributed by atoms with Crippen LogP contribution >= 0.6 is 0 Å². The molecule has 28 heavy (non-hydrogen) atoms. The summed E-state index contributed by atoms with van der Waals surface area (Å²) in [6, 6.07) is 9.51. The summed E-state index contributed by atoms with van der Waals surface area (Å²) in [7, 11) is 1.63. The van der Waals surface area contributed by atoms with E-state index in [1.165, 1.54) is 10.7 Å². The van der Waals surface area contributed by atoms with E-state index in [-0.39, 0.29) is 36.3 Å². The summed E-state index contributed by atoms with van der Waals surface area (Å²) >= 11 is 0. The van der Waals surface area contributed by atoms with Crippen molar-refractivity contribution in [3.05, 3.63) is 52.8 Å². The third kappa shape index (κ3) is 4.76. The van der Waals surface area contributed by atoms with Crippen molar-refractivity contribution >= 4 is 11.8 Å². The highest BCUT2D eigenvalue weighted by Gasteiger charge is 2.26. The lowest BCUT2D eigenvalue weighted by Crippen LogP contribution is -2.33. The lowest BCUT2D eigenvalue weighted by atomic mass is 10.1. The molecule has 0 bridgehead atoms. The molecule has 0 aliphatic carbocycles. The lowest BCUT2D eigenvalue weighted by Gasteiger charge is -2.22. The molecule has 2 aromatic rings. The highest BCUT2D eigenvalue weighted by Crippen LogP contribution is 2.14. The molecule has 2 heterocycles. The number of β-amino-alcohol motifs (C(OH)–C–C–N with tert-alkyl or cyclic N) is 1. The molecular formula is C20H26N4O4. The van der Waals surface area contributed by atoms with Gasteiger partial charge in [-0.2, -0.15) is 5.10 Å². The Morgan fingerprint density at radius 2 is 2.14 bits per heavy atom. The summed E-state index contributed by atoms with van der Waals surface area (Å²) in [4.78, 5) is 27.0. The number of aryl methyl sites for hydroxylation is 1. The van der Waals surface area contributed by atoms with E-state index < -0.39 is 6.10 Å². The fourth-order valence-corrected chi connectivity index (χ4v) is 3.14. The predicted octanol–water partition coefficient (Wildman–Crippen LogP) is 0.975. The zero-order valence-corrected chi connectivity index (χ0v) is 16.2. The average Bonchev–Trinajstić information content (AvgIpc) is 3.05. The molecule has 2 amide bonds. The van der Waals surface area contributed by atoms with E-state index >= 15 is 0 Å². The van der Waals surface area contributed by atoms with Crippen molar-refractivity contribution in [3.8, 4) is 0 Å². The molecule has 3 rings (SSSR count). The smallest absolute Gasteiger partial charge is 0.274 e. The van der Waals surface area contributed by atoms with Crippen LogP contribution in [0, 0.1) is 6.92 Å². The van der Waals surface area contributed by atoms with Crippen molar-refractivity contribution in [2.24, 2.45) is 0 Å². The fourth-order valence-electron chi connectivity index (χ4n) is 3.14. The number of carbonyl (C=O) groups is 2. The molecule has 1 aromatic carbocycles. The van der Waals surface area contributed by atoms with Crippen LogP contribution in [0.5, 0.6) is 0 Å². The lowest BCUT2D eigenvalue weighted by molar-refractivity contribution is 0.0715. The molecule has 1 aliphatic rings. The van der Waals surface area contributed by atoms with Crippen molar-refractivity contribution in [3.63, 3.8) is 0 Å². The average molecular weight is 386 g/mol. The maximum absolute atomic E-state index is 13.1. The van der Waals surface area contributed by atoms with Gasteiger partial charge in [0.15, 0.2) is 5.69 Å². The van der Waals surface area contributed by atoms with Gasteiger partial charge < -0.3 is 20.1 Å². The number of methoxy groups -OCH3 is 1. The molecule has 0 unspecified atom stereocenters. The maximum Gasteiger partial charge on any atom is 0.274 e. The van der Waals surface area contributed by atoms with Crippen LogP contribution in [0.3, 0.4) is 0 Å². The van der Waals surface area contributed by atoms with Crippen LogP contribution in [0.4, 0.5) is 0 Å². The van der Waals surface area contributed by atoms with Gasteiger partial charge in [-0.05, 0) is 18.9 Å². The zero-order valence-electron chi connectivity index (χ0n) is 16.2. The van der Waals surface area contributed by atoms with E-state index in [2.05, 4.69) is 10.4 Å². The number of aromatic nitrogens is 2. The first kappa shape index (κ1) is 20.0. The molecule has 0 saturated heterocycles. The van der Waals surface area contributed by atoms with Crippen molar-refractivity contribution in [1.82, 2.24) is 20.0 Å². The Labute approximate surface area is 164 Å². The van der Waals surface area contributed by atoms with Gasteiger partial charge in [0.1, 0.15) is 5.69 Å². The monoisotopic (exact) mass is 386 g/mol. The van der Waals surface area contributed by atoms with Crippen molar-refractivity contribution in [1.29, 1.82) is 0 Å². The third-order valence-electron chi connectivity index (χ3n) is 4.67. The van der Waals surface area contributed by atoms with E-state index in [0.29, 0.717) is 26.1 Å². The number of amides is 2. The number of nitrogens with zero attached hydrogens (tertiary/aromatic N) is 3. The molecule has 8 nitrogen and oxygen atoms in total. The van der Waals surface area contributed by atoms with E-state index in [4.69, 9.17) is 4.74 Å². The molecule has 0 radical (unpaired) electrons. The highest BCUT2D eigenvalue weighted by atomic mass is 16.5. The Morgan fingerprint density at radius 1 is 1.39 bits per heavy atom. The summed E-state index contributed by atoms with van der Waals surface area (Å²) in [5, 5.41) is 16.8. The molecule has 150 valence electrons. The first-order valence-corrected chi connectivity index (χ1v) is 9.36. The van der Waals surface area contributed by atoms with Gasteiger partial charge in [0.2, 0.25) is 0 Å². The summed E-state index contributed by atoms with van der Waals surface area (Å²) in [6.07, 6.45) is -0.0423. The third-order valence-corrected chi connectivity index (χ3v) is 4.67. The number of carbonyl (C=O) groups excluding carboxylic acids is 2. The van der Waals surface area contributed by atoms with Gasteiger partial charge in [-0.3, -0.25) is 14.3 Å². The Balaban J connectivity index is 1.82. The Hall–Kier alpha value is -2.71. The van der Waals surface area contributed by atoms with Crippen molar-refractivity contribution < 1.29 is 19.4 Å². The van der Waals surface area contributed by atoms with Crippen LogP contribution in [0.1, 0.15) is 38.5 Å². The number of hydrogen-bond acceptors (Lipinski definition) is 5. The van der Waals surface area contributed by atoms with Crippen LogP contribution in [0.15, 0.2) is 30.3 Å². The molecule has 0 fully saturated rings. The quantitative estimate of drug-likeness (QED) is 0.692. The Morgan fingerprint density at radius 3 is 2.86 bits per heavy atom. The minimum Gasteiger partial charge on any atom is -0.389 e. The van der Waals surface area contributed by atoms with Gasteiger partial charge in [-0.15, -0.1) is 0 Å². The van der Waals surface area contributed by atoms with Gasteiger partial charge >= 0.3 is 0 Å². The fraction of sp³-hybridized carbons (Fsp3) is 0.450. The van der Waals surface area contributed by atoms with Gasteiger partial charge in [0.05, 0.1) is 12.6 Å². The standard InChI is InChI=1S/C20H26N4O4/c1-14-4-6-15(7-5-14)12-23(8-3-9-28-2)20(27)17-10-18-19(26)21-11-16(25)13-24(18)22-17/h4-7,10,16,25H,3,8-9,11-13H2,1-2H3,(H,21,26)/t16-/m1/s1. The van der Waals surface area contributed by atoms with Gasteiger partial charge in [-0.25, -0.2) is 0 Å². The molecule has 0 saturated carbocycles. The minimum absolute atomic E-state index is 0.169. The number of aliphatic hydroxyl groups is 1. The number of aliphatic hydroxyl groups excluding tert-OH is 1. The topological polar surface area (TPSA) is 96.7 Å². The van der Waals surface area contributed by atoms with Crippen molar-refractivity contribution in [2.75, 3.05) is 26.8 Å². The molecule has 1 aromatic heterocycles. The van der Waals surface area contributed by atoms with Crippen molar-refractivity contribution in [2.45, 2.75) is 32.5 Å². The first-order valence-electron chi connectivity index (χ1n) is 9.36. The van der Waals surface area contributed by atoms with E-state index in [0.717, 1.165) is 11.1 Å². The molecule has 2 N–H and O–H groups in total. The normalized spacial score (nSPS) is 16.2. The van der Waals surface area contributed by atoms with E-state index in [1.54, 1.807) is 12.0 Å². The maximum atomic E-state index is 13.1. The second-order valence-corrected chi connectivity index (χ2v) is 7.02. The Bertz CT molecular complexity index is 831. The highest BCUT2D eigenvalue weighted by molar-refractivity contribution is 5.98. The van der Waals surface area contributed by atoms with Crippen LogP contribution in [0.25, 0.3) is 0 Å². The molecular weight excluding hydrogens is 360 g/mol. The van der Waals surface area contributed by atoms with E-state index in [9.17, 15) is 14.7 Å². The predicted molar refractivity (Wildman–Crippen MR) is 103 cm³/mol. The van der Waals surface area contributed by atoms with Crippen LogP contribution < -0.4 is 5.32 Å². The van der Waals surface area contributed by atoms with Gasteiger partial charge in [-0.1, -0.05) is 29.8 Å². The van der Waals surface area contributed by atoms with Gasteiger partial charge in [0.25, 0.3) is 11.8 Å². The second-order valence-electron chi connectivity index (χ2n) is 7.02. The largest absolute Gasteiger partial charge is 0.389 e. The van der Waals surface area contributed by atoms with Gasteiger partial charge in [0, 0.05) is 39.4 Å². The number of benzene rings is 1. The number of rotatable bonds is 7. The Kier molecular flexibility index (Phi) is 6.43. The summed E-state index contributed by atoms with van der Waals surface area (Å²) in [5.41, 5.74) is 2.66. The number of fused-ring (bicyclic) bond motifs is 1. The SMILES string of the molecule is COCCCN(Cc1ccc(C)cc1)C(=O)c1cc2n(n1)C[C@H](O)CNC2=O. The molecule has 0 spiro atoms. The number of nitrogens with one attached hydrogen (secondary N) is 1. The molecule has 1 atom stereocenters. The first-order chi connectivity index (χ1) is 13.5. The van der Waals surface area contributed by atoms with Crippen LogP contribution in [0.2, 0.25) is 0 Å². The number of ether oxygens (including phenoxy) is 1. The molecule has 8 heteroatoms. The number of hydrogen-bond donors (Lipinski definition) is 2. The second kappa shape index (κ2) is 8.99. The zero-order chi connectivity index (χ0) is 20.1. The van der Waals surface area contributed by atoms with E-state index in [1.807, 2.05) is 31.2 Å². The molecule has 1 aliphatic heterocycles. The summed E-state index contributed by atoms with van der Waals surface area (Å²) in [5.74, 6) is -0.591. The summed E-state index contributed by atoms with van der Waals surface area (Å²) < 4.78 is 6.51.